The van der Waals surface area contributed by atoms with Crippen molar-refractivity contribution in [3.05, 3.63) is 56.6 Å². The van der Waals surface area contributed by atoms with Crippen LogP contribution < -0.4 is 0 Å². The average molecular weight is 236 g/mol. The molecular formula is C11H12S2Si. The Morgan fingerprint density at radius 3 is 2.00 bits per heavy atom. The van der Waals surface area contributed by atoms with Gasteiger partial charge < -0.3 is 0 Å². The second-order valence-corrected chi connectivity index (χ2v) is 5.34. The average Bonchev–Trinajstić information content (AvgIpc) is 2.87. The molecular weight excluding hydrogens is 224 g/mol. The molecule has 0 saturated carbocycles. The molecule has 0 radical (unpaired) electrons. The lowest BCUT2D eigenvalue weighted by Gasteiger charge is -2.08. The van der Waals surface area contributed by atoms with E-state index in [2.05, 4.69) is 45.4 Å². The van der Waals surface area contributed by atoms with Crippen LogP contribution in [0.4, 0.5) is 0 Å². The van der Waals surface area contributed by atoms with Gasteiger partial charge in [0, 0.05) is 16.2 Å². The zero-order valence-electron chi connectivity index (χ0n) is 8.01. The van der Waals surface area contributed by atoms with Gasteiger partial charge in [0.1, 0.15) is 0 Å². The lowest BCUT2D eigenvalue weighted by Crippen LogP contribution is -1.93. The minimum atomic E-state index is 0.477. The molecule has 72 valence electrons. The monoisotopic (exact) mass is 236 g/mol. The second kappa shape index (κ2) is 4.73. The van der Waals surface area contributed by atoms with Crippen LogP contribution in [0, 0.1) is 0 Å². The fraction of sp³-hybridized carbons (Fsp3) is 0.0909. The van der Waals surface area contributed by atoms with E-state index in [1.165, 1.54) is 11.1 Å². The van der Waals surface area contributed by atoms with Gasteiger partial charge in [0.15, 0.2) is 0 Å². The molecule has 2 aromatic heterocycles. The molecule has 3 heteroatoms. The van der Waals surface area contributed by atoms with E-state index in [0.717, 1.165) is 10.2 Å². The molecule has 0 aliphatic heterocycles. The molecule has 2 rings (SSSR count). The highest BCUT2D eigenvalue weighted by Gasteiger charge is 2.10. The van der Waals surface area contributed by atoms with E-state index >= 15 is 0 Å². The van der Waals surface area contributed by atoms with Gasteiger partial charge in [-0.15, -0.1) is 5.70 Å². The Morgan fingerprint density at radius 1 is 1.07 bits per heavy atom. The van der Waals surface area contributed by atoms with E-state index < -0.39 is 0 Å². The molecule has 0 bridgehead atoms. The van der Waals surface area contributed by atoms with Crippen LogP contribution in [0.1, 0.15) is 17.0 Å². The predicted octanol–water partition coefficient (Wildman–Crippen LogP) is 2.82. The maximum Gasteiger partial charge on any atom is 0.0287 e. The van der Waals surface area contributed by atoms with Crippen molar-refractivity contribution in [2.45, 2.75) is 5.92 Å². The second-order valence-electron chi connectivity index (χ2n) is 3.12. The van der Waals surface area contributed by atoms with E-state index in [1.54, 1.807) is 22.7 Å². The number of hydrogen-bond donors (Lipinski definition) is 0. The topological polar surface area (TPSA) is 0 Å². The lowest BCUT2D eigenvalue weighted by atomic mass is 9.96. The zero-order chi connectivity index (χ0) is 9.80. The van der Waals surface area contributed by atoms with Crippen molar-refractivity contribution in [3.63, 3.8) is 0 Å². The number of hydrogen-bond acceptors (Lipinski definition) is 2. The molecule has 14 heavy (non-hydrogen) atoms. The summed E-state index contributed by atoms with van der Waals surface area (Å²) in [7, 11) is 1.13. The van der Waals surface area contributed by atoms with Crippen LogP contribution in [0.15, 0.2) is 45.4 Å². The Balaban J connectivity index is 2.34. The summed E-state index contributed by atoms with van der Waals surface area (Å²) in [4.78, 5) is 0. The normalized spacial score (nSPS) is 11.8. The van der Waals surface area contributed by atoms with Gasteiger partial charge in [-0.05, 0) is 44.8 Å². The third-order valence-electron chi connectivity index (χ3n) is 2.19. The summed E-state index contributed by atoms with van der Waals surface area (Å²) in [6.45, 7) is 0. The van der Waals surface area contributed by atoms with Crippen LogP contribution in [-0.2, 0) is 0 Å². The molecule has 0 N–H and O–H groups in total. The molecule has 0 aromatic carbocycles. The molecule has 0 unspecified atom stereocenters. The van der Waals surface area contributed by atoms with Crippen molar-refractivity contribution in [3.8, 4) is 0 Å². The highest BCUT2D eigenvalue weighted by atomic mass is 32.1. The first-order valence-corrected chi connectivity index (χ1v) is 7.63. The Kier molecular flexibility index (Phi) is 3.34. The standard InChI is InChI=1S/C11H12S2Si/c14-6-3-11(9-1-4-12-7-9)10-2-5-13-8-10/h1-8,11H,14H3. The van der Waals surface area contributed by atoms with E-state index in [4.69, 9.17) is 0 Å². The van der Waals surface area contributed by atoms with Crippen LogP contribution >= 0.6 is 22.7 Å². The zero-order valence-corrected chi connectivity index (χ0v) is 11.6. The SMILES string of the molecule is [SiH3]C=CC(c1ccsc1)c1ccsc1. The van der Waals surface area contributed by atoms with E-state index in [1.807, 2.05) is 0 Å². The van der Waals surface area contributed by atoms with Crippen LogP contribution in [0.3, 0.4) is 0 Å². The molecule has 0 amide bonds. The first kappa shape index (κ1) is 9.89. The third kappa shape index (κ3) is 2.05. The van der Waals surface area contributed by atoms with Crippen molar-refractivity contribution >= 4 is 32.9 Å². The van der Waals surface area contributed by atoms with Gasteiger partial charge in [-0.25, -0.2) is 0 Å². The maximum atomic E-state index is 2.32. The van der Waals surface area contributed by atoms with Crippen LogP contribution in [0.5, 0.6) is 0 Å². The minimum Gasteiger partial charge on any atom is -0.152 e. The predicted molar refractivity (Wildman–Crippen MR) is 69.6 cm³/mol. The smallest absolute Gasteiger partial charge is 0.0287 e. The summed E-state index contributed by atoms with van der Waals surface area (Å²) in [5, 5.41) is 8.78. The molecule has 0 aliphatic rings. The van der Waals surface area contributed by atoms with Gasteiger partial charge in [-0.1, -0.05) is 6.08 Å². The summed E-state index contributed by atoms with van der Waals surface area (Å²) < 4.78 is 0. The van der Waals surface area contributed by atoms with Gasteiger partial charge in [-0.3, -0.25) is 0 Å². The van der Waals surface area contributed by atoms with E-state index in [-0.39, 0.29) is 0 Å². The minimum absolute atomic E-state index is 0.477. The fourth-order valence-electron chi connectivity index (χ4n) is 1.51. The van der Waals surface area contributed by atoms with Crippen LogP contribution in [-0.4, -0.2) is 10.2 Å². The van der Waals surface area contributed by atoms with Gasteiger partial charge in [0.2, 0.25) is 0 Å². The molecule has 0 aliphatic carbocycles. The first-order chi connectivity index (χ1) is 6.92. The Bertz CT molecular complexity index is 353. The Labute approximate surface area is 95.3 Å². The molecule has 0 saturated heterocycles. The van der Waals surface area contributed by atoms with Crippen LogP contribution in [0.2, 0.25) is 0 Å². The molecule has 0 nitrogen and oxygen atoms in total. The summed E-state index contributed by atoms with van der Waals surface area (Å²) in [5.41, 5.74) is 5.10. The number of thiophene rings is 2. The van der Waals surface area contributed by atoms with Crippen LogP contribution in [0.25, 0.3) is 0 Å². The molecule has 0 fully saturated rings. The van der Waals surface area contributed by atoms with Crippen molar-refractivity contribution in [2.24, 2.45) is 0 Å². The van der Waals surface area contributed by atoms with Crippen molar-refractivity contribution < 1.29 is 0 Å². The Hall–Kier alpha value is -0.643. The Morgan fingerprint density at radius 2 is 1.64 bits per heavy atom. The van der Waals surface area contributed by atoms with Gasteiger partial charge in [0.25, 0.3) is 0 Å². The quantitative estimate of drug-likeness (QED) is 0.719. The largest absolute Gasteiger partial charge is 0.152 e. The van der Waals surface area contributed by atoms with Crippen molar-refractivity contribution in [1.82, 2.24) is 0 Å². The summed E-state index contributed by atoms with van der Waals surface area (Å²) >= 11 is 3.54. The van der Waals surface area contributed by atoms with Gasteiger partial charge in [0.05, 0.1) is 0 Å². The van der Waals surface area contributed by atoms with Gasteiger partial charge >= 0.3 is 0 Å². The highest BCUT2D eigenvalue weighted by molar-refractivity contribution is 7.08. The van der Waals surface area contributed by atoms with Gasteiger partial charge in [-0.2, -0.15) is 22.7 Å². The molecule has 0 spiro atoms. The number of allylic oxidation sites excluding steroid dienone is 1. The maximum absolute atomic E-state index is 2.32. The first-order valence-electron chi connectivity index (χ1n) is 4.59. The van der Waals surface area contributed by atoms with E-state index in [0.29, 0.717) is 5.92 Å². The number of rotatable bonds is 3. The molecule has 0 atom stereocenters. The van der Waals surface area contributed by atoms with Crippen molar-refractivity contribution in [1.29, 1.82) is 0 Å². The van der Waals surface area contributed by atoms with Crippen molar-refractivity contribution in [2.75, 3.05) is 0 Å². The molecule has 2 heterocycles. The van der Waals surface area contributed by atoms with E-state index in [9.17, 15) is 0 Å². The highest BCUT2D eigenvalue weighted by Crippen LogP contribution is 2.28. The third-order valence-corrected chi connectivity index (χ3v) is 3.98. The lowest BCUT2D eigenvalue weighted by molar-refractivity contribution is 1.05. The fourth-order valence-corrected chi connectivity index (χ4v) is 3.29. The summed E-state index contributed by atoms with van der Waals surface area (Å²) in [6.07, 6.45) is 2.32. The molecule has 2 aromatic rings. The summed E-state index contributed by atoms with van der Waals surface area (Å²) in [6, 6.07) is 4.43. The summed E-state index contributed by atoms with van der Waals surface area (Å²) in [5.74, 6) is 0.477.